The lowest BCUT2D eigenvalue weighted by molar-refractivity contribution is -0.137. The summed E-state index contributed by atoms with van der Waals surface area (Å²) >= 11 is 0. The van der Waals surface area contributed by atoms with Gasteiger partial charge in [-0.15, -0.1) is 0 Å². The Morgan fingerprint density at radius 2 is 1.90 bits per heavy atom. The number of ether oxygens (including phenoxy) is 1. The second kappa shape index (κ2) is 12.2. The molecular formula is C22H34N4O4. The maximum Gasteiger partial charge on any atom is 0.240 e. The van der Waals surface area contributed by atoms with Gasteiger partial charge in [-0.3, -0.25) is 14.4 Å². The lowest BCUT2D eigenvalue weighted by atomic mass is 10.1. The summed E-state index contributed by atoms with van der Waals surface area (Å²) in [5.74, 6) is 0.546. The van der Waals surface area contributed by atoms with E-state index in [-0.39, 0.29) is 36.9 Å². The van der Waals surface area contributed by atoms with Gasteiger partial charge in [0.1, 0.15) is 5.75 Å². The topological polar surface area (TPSA) is 99.8 Å². The molecule has 1 aromatic rings. The molecule has 0 aliphatic heterocycles. The van der Waals surface area contributed by atoms with E-state index < -0.39 is 0 Å². The highest BCUT2D eigenvalue weighted by Gasteiger charge is 2.36. The summed E-state index contributed by atoms with van der Waals surface area (Å²) in [7, 11) is 3.36. The van der Waals surface area contributed by atoms with Crippen molar-refractivity contribution < 1.29 is 19.1 Å². The Bertz CT molecular complexity index is 721. The molecule has 3 amide bonds. The van der Waals surface area contributed by atoms with Crippen molar-refractivity contribution in [1.29, 1.82) is 0 Å². The maximum atomic E-state index is 12.4. The third-order valence-electron chi connectivity index (χ3n) is 5.09. The SMILES string of the molecule is CCOc1ccccc1CCCNC(=O)CNC(=O)CN(C)C(=O)C(NC)C1CC1. The summed E-state index contributed by atoms with van der Waals surface area (Å²) in [4.78, 5) is 37.8. The third kappa shape index (κ3) is 7.67. The molecule has 1 atom stereocenters. The molecule has 0 bridgehead atoms. The fraction of sp³-hybridized carbons (Fsp3) is 0.591. The normalized spacial score (nSPS) is 14.0. The van der Waals surface area contributed by atoms with Crippen LogP contribution in [0.2, 0.25) is 0 Å². The smallest absolute Gasteiger partial charge is 0.240 e. The maximum absolute atomic E-state index is 12.4. The Labute approximate surface area is 178 Å². The summed E-state index contributed by atoms with van der Waals surface area (Å²) < 4.78 is 5.60. The van der Waals surface area contributed by atoms with E-state index in [2.05, 4.69) is 16.0 Å². The van der Waals surface area contributed by atoms with E-state index in [1.54, 1.807) is 14.1 Å². The quantitative estimate of drug-likeness (QED) is 0.410. The predicted molar refractivity (Wildman–Crippen MR) is 115 cm³/mol. The fourth-order valence-electron chi connectivity index (χ4n) is 3.33. The van der Waals surface area contributed by atoms with Gasteiger partial charge in [-0.1, -0.05) is 18.2 Å². The van der Waals surface area contributed by atoms with Crippen LogP contribution in [0.5, 0.6) is 5.75 Å². The van der Waals surface area contributed by atoms with Crippen LogP contribution in [-0.4, -0.2) is 69.0 Å². The van der Waals surface area contributed by atoms with Gasteiger partial charge in [0.2, 0.25) is 17.7 Å². The van der Waals surface area contributed by atoms with Gasteiger partial charge in [-0.25, -0.2) is 0 Å². The molecule has 8 heteroatoms. The lowest BCUT2D eigenvalue weighted by Gasteiger charge is -2.23. The van der Waals surface area contributed by atoms with Crippen molar-refractivity contribution in [3.63, 3.8) is 0 Å². The van der Waals surface area contributed by atoms with Gasteiger partial charge < -0.3 is 25.6 Å². The molecule has 30 heavy (non-hydrogen) atoms. The van der Waals surface area contributed by atoms with Crippen molar-refractivity contribution in [2.75, 3.05) is 40.3 Å². The number of nitrogens with one attached hydrogen (secondary N) is 3. The first-order chi connectivity index (χ1) is 14.5. The van der Waals surface area contributed by atoms with E-state index in [0.717, 1.165) is 37.0 Å². The van der Waals surface area contributed by atoms with E-state index in [0.29, 0.717) is 19.1 Å². The summed E-state index contributed by atoms with van der Waals surface area (Å²) in [6.45, 7) is 2.91. The predicted octanol–water partition coefficient (Wildman–Crippen LogP) is 0.707. The Morgan fingerprint density at radius 3 is 2.57 bits per heavy atom. The van der Waals surface area contributed by atoms with E-state index >= 15 is 0 Å². The zero-order chi connectivity index (χ0) is 21.9. The molecule has 1 unspecified atom stereocenters. The molecule has 2 rings (SSSR count). The zero-order valence-electron chi connectivity index (χ0n) is 18.2. The van der Waals surface area contributed by atoms with Gasteiger partial charge in [0.05, 0.1) is 25.7 Å². The standard InChI is InChI=1S/C22H34N4O4/c1-4-30-18-10-6-5-8-16(18)9-7-13-24-19(27)14-25-20(28)15-26(3)22(29)21(23-2)17-11-12-17/h5-6,8,10,17,21,23H,4,7,9,11-15H2,1-3H3,(H,24,27)(H,25,28). The lowest BCUT2D eigenvalue weighted by Crippen LogP contribution is -2.49. The zero-order valence-corrected chi connectivity index (χ0v) is 18.2. The molecule has 0 radical (unpaired) electrons. The molecule has 0 spiro atoms. The van der Waals surface area contributed by atoms with E-state index in [9.17, 15) is 14.4 Å². The average molecular weight is 419 g/mol. The minimum Gasteiger partial charge on any atom is -0.494 e. The van der Waals surface area contributed by atoms with E-state index in [1.807, 2.05) is 31.2 Å². The van der Waals surface area contributed by atoms with Crippen LogP contribution in [0.1, 0.15) is 31.7 Å². The number of benzene rings is 1. The number of rotatable bonds is 13. The van der Waals surface area contributed by atoms with Gasteiger partial charge in [-0.2, -0.15) is 0 Å². The van der Waals surface area contributed by atoms with Gasteiger partial charge in [-0.05, 0) is 57.2 Å². The molecule has 1 saturated carbocycles. The molecule has 0 saturated heterocycles. The van der Waals surface area contributed by atoms with Crippen LogP contribution in [0.4, 0.5) is 0 Å². The van der Waals surface area contributed by atoms with Crippen LogP contribution in [0, 0.1) is 5.92 Å². The number of aryl methyl sites for hydroxylation is 1. The Hall–Kier alpha value is -2.61. The summed E-state index contributed by atoms with van der Waals surface area (Å²) in [5, 5.41) is 8.39. The van der Waals surface area contributed by atoms with Crippen LogP contribution in [0.25, 0.3) is 0 Å². The number of likely N-dealkylation sites (N-methyl/N-ethyl adjacent to an activating group) is 2. The van der Waals surface area contributed by atoms with Crippen LogP contribution in [0.15, 0.2) is 24.3 Å². The van der Waals surface area contributed by atoms with Gasteiger partial charge >= 0.3 is 0 Å². The van der Waals surface area contributed by atoms with Gasteiger partial charge in [0, 0.05) is 13.6 Å². The van der Waals surface area contributed by atoms with Crippen LogP contribution in [0.3, 0.4) is 0 Å². The number of para-hydroxylation sites is 1. The largest absolute Gasteiger partial charge is 0.494 e. The Balaban J connectivity index is 1.62. The summed E-state index contributed by atoms with van der Waals surface area (Å²) in [6, 6.07) is 7.63. The Morgan fingerprint density at radius 1 is 1.17 bits per heavy atom. The minimum atomic E-state index is -0.350. The fourth-order valence-corrected chi connectivity index (χ4v) is 3.33. The van der Waals surface area contributed by atoms with Crippen molar-refractivity contribution in [3.05, 3.63) is 29.8 Å². The van der Waals surface area contributed by atoms with E-state index in [4.69, 9.17) is 4.74 Å². The first-order valence-electron chi connectivity index (χ1n) is 10.6. The summed E-state index contributed by atoms with van der Waals surface area (Å²) in [5.41, 5.74) is 1.11. The van der Waals surface area contributed by atoms with Crippen molar-refractivity contribution in [2.45, 2.75) is 38.6 Å². The van der Waals surface area contributed by atoms with Crippen molar-refractivity contribution >= 4 is 17.7 Å². The Kier molecular flexibility index (Phi) is 9.60. The minimum absolute atomic E-state index is 0.0643. The molecular weight excluding hydrogens is 384 g/mol. The van der Waals surface area contributed by atoms with Crippen LogP contribution in [-0.2, 0) is 20.8 Å². The van der Waals surface area contributed by atoms with Gasteiger partial charge in [0.25, 0.3) is 0 Å². The number of carbonyl (C=O) groups excluding carboxylic acids is 3. The van der Waals surface area contributed by atoms with Crippen LogP contribution >= 0.6 is 0 Å². The van der Waals surface area contributed by atoms with Crippen molar-refractivity contribution in [2.24, 2.45) is 5.92 Å². The molecule has 0 heterocycles. The third-order valence-corrected chi connectivity index (χ3v) is 5.09. The van der Waals surface area contributed by atoms with Crippen molar-refractivity contribution in [3.8, 4) is 5.75 Å². The molecule has 8 nitrogen and oxygen atoms in total. The first-order valence-corrected chi connectivity index (χ1v) is 10.6. The van der Waals surface area contributed by atoms with Crippen molar-refractivity contribution in [1.82, 2.24) is 20.9 Å². The molecule has 0 aromatic heterocycles. The molecule has 1 aliphatic carbocycles. The number of hydrogen-bond donors (Lipinski definition) is 3. The molecule has 1 fully saturated rings. The average Bonchev–Trinajstić information content (AvgIpc) is 3.56. The number of amides is 3. The second-order valence-corrected chi connectivity index (χ2v) is 7.57. The molecule has 3 N–H and O–H groups in total. The highest BCUT2D eigenvalue weighted by molar-refractivity contribution is 5.89. The highest BCUT2D eigenvalue weighted by atomic mass is 16.5. The van der Waals surface area contributed by atoms with Crippen LogP contribution < -0.4 is 20.7 Å². The van der Waals surface area contributed by atoms with E-state index in [1.165, 1.54) is 4.90 Å². The molecule has 1 aliphatic rings. The number of hydrogen-bond acceptors (Lipinski definition) is 5. The second-order valence-electron chi connectivity index (χ2n) is 7.57. The first kappa shape index (κ1) is 23.7. The molecule has 166 valence electrons. The highest BCUT2D eigenvalue weighted by Crippen LogP contribution is 2.33. The monoisotopic (exact) mass is 418 g/mol. The van der Waals surface area contributed by atoms with Gasteiger partial charge in [0.15, 0.2) is 0 Å². The number of carbonyl (C=O) groups is 3. The summed E-state index contributed by atoms with van der Waals surface area (Å²) in [6.07, 6.45) is 3.64. The number of nitrogens with zero attached hydrogens (tertiary/aromatic N) is 1. The molecule has 1 aromatic carbocycles.